The largest absolute Gasteiger partial charge is 0.508 e. The smallest absolute Gasteiger partial charge is 0.294 e. The molecule has 2 heterocycles. The van der Waals surface area contributed by atoms with Gasteiger partial charge in [-0.2, -0.15) is 5.26 Å². The maximum absolute atomic E-state index is 13.7. The van der Waals surface area contributed by atoms with Gasteiger partial charge in [0.25, 0.3) is 5.91 Å². The number of benzene rings is 3. The lowest BCUT2D eigenvalue weighted by Crippen LogP contribution is -2.31. The summed E-state index contributed by atoms with van der Waals surface area (Å²) in [6.07, 6.45) is 0. The van der Waals surface area contributed by atoms with Gasteiger partial charge in [0.05, 0.1) is 30.4 Å². The topological polar surface area (TPSA) is 124 Å². The summed E-state index contributed by atoms with van der Waals surface area (Å²) in [6.45, 7) is 0. The number of rotatable bonds is 5. The first-order chi connectivity index (χ1) is 17.3. The molecule has 1 amide bonds. The number of phenols is 1. The molecular weight excluding hydrogens is 484 g/mol. The predicted molar refractivity (Wildman–Crippen MR) is 131 cm³/mol. The number of aromatic hydroxyl groups is 1. The Balaban J connectivity index is 1.66. The number of nitriles is 1. The molecule has 8 nitrogen and oxygen atoms in total. The minimum absolute atomic E-state index is 0.0824. The van der Waals surface area contributed by atoms with Crippen molar-refractivity contribution in [3.63, 3.8) is 0 Å². The number of Topliss-reactive ketones (excluding diaryl/α,β-unsaturated/α-hetero) is 1. The highest BCUT2D eigenvalue weighted by atomic mass is 35.5. The molecule has 36 heavy (non-hydrogen) atoms. The van der Waals surface area contributed by atoms with E-state index in [1.54, 1.807) is 36.4 Å². The van der Waals surface area contributed by atoms with Crippen LogP contribution in [0, 0.1) is 11.3 Å². The Hall–Kier alpha value is -4.74. The maximum atomic E-state index is 13.7. The van der Waals surface area contributed by atoms with E-state index in [9.17, 15) is 19.8 Å². The molecule has 0 spiro atoms. The van der Waals surface area contributed by atoms with Crippen molar-refractivity contribution < 1.29 is 29.0 Å². The summed E-state index contributed by atoms with van der Waals surface area (Å²) in [5.74, 6) is -2.18. The van der Waals surface area contributed by atoms with Gasteiger partial charge in [0.1, 0.15) is 5.75 Å². The highest BCUT2D eigenvalue weighted by Gasteiger charge is 2.45. The molecule has 0 aliphatic carbocycles. The van der Waals surface area contributed by atoms with Crippen LogP contribution in [-0.4, -0.2) is 29.0 Å². The van der Waals surface area contributed by atoms with Crippen molar-refractivity contribution in [2.24, 2.45) is 0 Å². The first-order valence-electron chi connectivity index (χ1n) is 10.7. The third kappa shape index (κ3) is 3.72. The Labute approximate surface area is 209 Å². The molecule has 4 aromatic rings. The summed E-state index contributed by atoms with van der Waals surface area (Å²) in [4.78, 5) is 28.2. The Bertz CT molecular complexity index is 1610. The number of carbonyl (C=O) groups is 2. The van der Waals surface area contributed by atoms with Crippen LogP contribution in [0.3, 0.4) is 0 Å². The monoisotopic (exact) mass is 500 g/mol. The molecule has 0 saturated heterocycles. The van der Waals surface area contributed by atoms with Gasteiger partial charge in [-0.3, -0.25) is 14.5 Å². The number of hydrogen-bond donors (Lipinski definition) is 2. The highest BCUT2D eigenvalue weighted by molar-refractivity contribution is 6.31. The average molecular weight is 501 g/mol. The Kier molecular flexibility index (Phi) is 5.63. The number of aliphatic hydroxyl groups excluding tert-OH is 1. The van der Waals surface area contributed by atoms with E-state index < -0.39 is 23.5 Å². The molecule has 0 saturated carbocycles. The second-order valence-corrected chi connectivity index (χ2v) is 8.50. The van der Waals surface area contributed by atoms with E-state index in [0.717, 1.165) is 0 Å². The first-order valence-corrected chi connectivity index (χ1v) is 11.1. The first kappa shape index (κ1) is 23.0. The van der Waals surface area contributed by atoms with Gasteiger partial charge in [0, 0.05) is 22.2 Å². The van der Waals surface area contributed by atoms with Gasteiger partial charge in [-0.15, -0.1) is 0 Å². The number of hydrogen-bond acceptors (Lipinski definition) is 7. The number of ether oxygens (including phenoxy) is 1. The maximum Gasteiger partial charge on any atom is 0.294 e. The predicted octanol–water partition coefficient (Wildman–Crippen LogP) is 5.45. The van der Waals surface area contributed by atoms with Crippen molar-refractivity contribution in [1.29, 1.82) is 5.26 Å². The van der Waals surface area contributed by atoms with E-state index in [0.29, 0.717) is 33.0 Å². The van der Waals surface area contributed by atoms with Gasteiger partial charge >= 0.3 is 0 Å². The van der Waals surface area contributed by atoms with Crippen LogP contribution < -0.4 is 9.64 Å². The zero-order valence-corrected chi connectivity index (χ0v) is 19.5. The van der Waals surface area contributed by atoms with E-state index in [1.165, 1.54) is 42.3 Å². The lowest BCUT2D eigenvalue weighted by molar-refractivity contribution is -0.117. The van der Waals surface area contributed by atoms with Crippen LogP contribution in [-0.2, 0) is 4.79 Å². The van der Waals surface area contributed by atoms with Gasteiger partial charge in [0.15, 0.2) is 22.9 Å². The summed E-state index contributed by atoms with van der Waals surface area (Å²) in [5.41, 5.74) is 1.17. The molecule has 3 aromatic carbocycles. The van der Waals surface area contributed by atoms with Crippen LogP contribution in [0.2, 0.25) is 5.02 Å². The molecule has 0 bridgehead atoms. The molecule has 1 atom stereocenters. The zero-order chi connectivity index (χ0) is 25.6. The highest BCUT2D eigenvalue weighted by Crippen LogP contribution is 2.43. The lowest BCUT2D eigenvalue weighted by Gasteiger charge is -2.26. The van der Waals surface area contributed by atoms with Crippen molar-refractivity contribution >= 4 is 39.9 Å². The van der Waals surface area contributed by atoms with E-state index in [1.807, 2.05) is 6.07 Å². The number of aliphatic hydroxyl groups is 1. The third-order valence-electron chi connectivity index (χ3n) is 5.90. The van der Waals surface area contributed by atoms with E-state index in [-0.39, 0.29) is 22.7 Å². The van der Waals surface area contributed by atoms with Gasteiger partial charge in [0.2, 0.25) is 5.78 Å². The van der Waals surface area contributed by atoms with Crippen molar-refractivity contribution in [2.75, 3.05) is 12.0 Å². The molecule has 0 fully saturated rings. The van der Waals surface area contributed by atoms with Crippen LogP contribution in [0.15, 0.2) is 82.5 Å². The number of fused-ring (bicyclic) bond motifs is 1. The number of anilines is 1. The van der Waals surface area contributed by atoms with Gasteiger partial charge in [-0.05, 0) is 54.1 Å². The molecule has 1 aromatic heterocycles. The van der Waals surface area contributed by atoms with E-state index in [4.69, 9.17) is 26.0 Å². The van der Waals surface area contributed by atoms with Gasteiger partial charge < -0.3 is 19.4 Å². The summed E-state index contributed by atoms with van der Waals surface area (Å²) in [7, 11) is 1.44. The molecular formula is C27H17ClN2O6. The van der Waals surface area contributed by atoms with Gasteiger partial charge in [-0.1, -0.05) is 23.7 Å². The fourth-order valence-electron chi connectivity index (χ4n) is 4.29. The van der Waals surface area contributed by atoms with Crippen LogP contribution in [0.25, 0.3) is 11.0 Å². The second-order valence-electron chi connectivity index (χ2n) is 8.06. The molecule has 2 N–H and O–H groups in total. The van der Waals surface area contributed by atoms with Crippen LogP contribution in [0.5, 0.6) is 11.5 Å². The van der Waals surface area contributed by atoms with Gasteiger partial charge in [-0.25, -0.2) is 0 Å². The van der Waals surface area contributed by atoms with E-state index >= 15 is 0 Å². The standard InChI is InChI=1S/C27H17ClN2O6/c1-35-21-12-17(28)9-16-11-20(36-26(16)21)24(32)22-23(15-3-2-4-19(31)10-15)30(27(34)25(22)33)18-7-5-14(13-29)6-8-18/h2-12,23,31,33H,1H3. The fraction of sp³-hybridized carbons (Fsp3) is 0.0741. The Morgan fingerprint density at radius 1 is 1.11 bits per heavy atom. The summed E-state index contributed by atoms with van der Waals surface area (Å²) >= 11 is 6.14. The Morgan fingerprint density at radius 3 is 2.53 bits per heavy atom. The van der Waals surface area contributed by atoms with Crippen molar-refractivity contribution in [1.82, 2.24) is 0 Å². The number of phenolic OH excluding ortho intramolecular Hbond substituents is 1. The van der Waals surface area contributed by atoms with Crippen molar-refractivity contribution in [3.05, 3.63) is 100.0 Å². The number of ketones is 1. The number of nitrogens with zero attached hydrogens (tertiary/aromatic N) is 2. The Morgan fingerprint density at radius 2 is 1.86 bits per heavy atom. The number of carbonyl (C=O) groups excluding carboxylic acids is 2. The minimum atomic E-state index is -1.08. The lowest BCUT2D eigenvalue weighted by atomic mass is 9.94. The van der Waals surface area contributed by atoms with Crippen LogP contribution in [0.1, 0.15) is 27.7 Å². The summed E-state index contributed by atoms with van der Waals surface area (Å²) < 4.78 is 11.1. The summed E-state index contributed by atoms with van der Waals surface area (Å²) in [6, 6.07) is 17.7. The number of amides is 1. The normalized spacial score (nSPS) is 15.4. The summed E-state index contributed by atoms with van der Waals surface area (Å²) in [5, 5.41) is 31.0. The number of methoxy groups -OCH3 is 1. The molecule has 9 heteroatoms. The second kappa shape index (κ2) is 8.80. The minimum Gasteiger partial charge on any atom is -0.508 e. The van der Waals surface area contributed by atoms with Crippen LogP contribution in [0.4, 0.5) is 5.69 Å². The molecule has 5 rings (SSSR count). The van der Waals surface area contributed by atoms with Crippen molar-refractivity contribution in [2.45, 2.75) is 6.04 Å². The van der Waals surface area contributed by atoms with E-state index in [2.05, 4.69) is 0 Å². The van der Waals surface area contributed by atoms with Crippen LogP contribution >= 0.6 is 11.6 Å². The average Bonchev–Trinajstić information content (AvgIpc) is 3.42. The molecule has 1 aliphatic rings. The molecule has 1 unspecified atom stereocenters. The number of halogens is 1. The molecule has 178 valence electrons. The quantitative estimate of drug-likeness (QED) is 0.349. The SMILES string of the molecule is COc1cc(Cl)cc2cc(C(=O)C3=C(O)C(=O)N(c4ccc(C#N)cc4)C3c3cccc(O)c3)oc12. The third-order valence-corrected chi connectivity index (χ3v) is 6.12. The molecule has 1 aliphatic heterocycles. The zero-order valence-electron chi connectivity index (χ0n) is 18.7. The number of furan rings is 1. The fourth-order valence-corrected chi connectivity index (χ4v) is 4.51. The van der Waals surface area contributed by atoms with Crippen molar-refractivity contribution in [3.8, 4) is 17.6 Å². The molecule has 0 radical (unpaired) electrons.